The minimum absolute atomic E-state index is 0. The normalized spacial score (nSPS) is 10.9. The molecule has 21 heavy (non-hydrogen) atoms. The Hall–Kier alpha value is -0.630. The van der Waals surface area contributed by atoms with Gasteiger partial charge in [0.2, 0.25) is 0 Å². The fourth-order valence-corrected chi connectivity index (χ4v) is 1.94. The van der Waals surface area contributed by atoms with Crippen LogP contribution >= 0.6 is 58.9 Å². The van der Waals surface area contributed by atoms with Crippen molar-refractivity contribution in [3.8, 4) is 11.5 Å². The first-order valence-electron chi connectivity index (χ1n) is 5.69. The van der Waals surface area contributed by atoms with Gasteiger partial charge in [0.15, 0.2) is 10.9 Å². The van der Waals surface area contributed by atoms with E-state index in [4.69, 9.17) is 33.7 Å². The second-order valence-electron chi connectivity index (χ2n) is 3.82. The van der Waals surface area contributed by atoms with Gasteiger partial charge in [-0.2, -0.15) is 0 Å². The number of halogens is 3. The molecule has 2 N–H and O–H groups in total. The van der Waals surface area contributed by atoms with Gasteiger partial charge < -0.3 is 10.5 Å². The van der Waals surface area contributed by atoms with Gasteiger partial charge in [-0.05, 0) is 48.7 Å². The average Bonchev–Trinajstić information content (AvgIpc) is 2.44. The number of nitrogens with zero attached hydrogens (tertiary/aromatic N) is 1. The molecule has 3 nitrogen and oxygen atoms in total. The molecular formula is C14H13Cl2IN2OS. The number of hydrogen-bond acceptors (Lipinski definition) is 3. The Labute approximate surface area is 154 Å². The summed E-state index contributed by atoms with van der Waals surface area (Å²) in [5.74, 6) is 1.24. The summed E-state index contributed by atoms with van der Waals surface area (Å²) in [4.78, 5) is 4.27. The van der Waals surface area contributed by atoms with Crippen LogP contribution in [-0.4, -0.2) is 11.4 Å². The molecule has 2 aromatic carbocycles. The van der Waals surface area contributed by atoms with Gasteiger partial charge in [0.05, 0.1) is 0 Å². The van der Waals surface area contributed by atoms with Crippen LogP contribution in [0.3, 0.4) is 0 Å². The van der Waals surface area contributed by atoms with Gasteiger partial charge in [-0.15, -0.1) is 24.0 Å². The predicted octanol–water partition coefficient (Wildman–Crippen LogP) is 5.71. The lowest BCUT2D eigenvalue weighted by molar-refractivity contribution is 0.484. The van der Waals surface area contributed by atoms with Crippen molar-refractivity contribution in [1.82, 2.24) is 0 Å². The number of aliphatic imine (C=N–C) groups is 1. The monoisotopic (exact) mass is 454 g/mol. The van der Waals surface area contributed by atoms with Crippen molar-refractivity contribution in [1.29, 1.82) is 0 Å². The van der Waals surface area contributed by atoms with Crippen molar-refractivity contribution in [2.45, 2.75) is 0 Å². The molecule has 112 valence electrons. The van der Waals surface area contributed by atoms with Crippen LogP contribution in [0.2, 0.25) is 10.0 Å². The van der Waals surface area contributed by atoms with Gasteiger partial charge in [-0.25, -0.2) is 4.99 Å². The van der Waals surface area contributed by atoms with Gasteiger partial charge in [0.25, 0.3) is 0 Å². The molecule has 2 aromatic rings. The standard InChI is InChI=1S/C14H12Cl2N2OS.HI/c1-20-14(17)18-12-8-10(16)4-7-13(12)19-11-5-2-9(15)3-6-11;/h2-8H,1H3,(H2,17,18);1H. The summed E-state index contributed by atoms with van der Waals surface area (Å²) in [6.45, 7) is 0. The van der Waals surface area contributed by atoms with Crippen LogP contribution in [0, 0.1) is 0 Å². The quantitative estimate of drug-likeness (QED) is 0.367. The highest BCUT2D eigenvalue weighted by Gasteiger charge is 2.06. The first kappa shape index (κ1) is 18.4. The molecule has 0 aliphatic rings. The Morgan fingerprint density at radius 1 is 1.10 bits per heavy atom. The Bertz CT molecular complexity index is 635. The molecule has 0 aliphatic carbocycles. The van der Waals surface area contributed by atoms with E-state index in [0.29, 0.717) is 32.4 Å². The third kappa shape index (κ3) is 5.58. The van der Waals surface area contributed by atoms with Crippen LogP contribution in [-0.2, 0) is 0 Å². The zero-order chi connectivity index (χ0) is 14.5. The molecule has 0 radical (unpaired) electrons. The fourth-order valence-electron chi connectivity index (χ4n) is 1.46. The molecular weight excluding hydrogens is 442 g/mol. The van der Waals surface area contributed by atoms with E-state index in [-0.39, 0.29) is 24.0 Å². The third-order valence-electron chi connectivity index (χ3n) is 2.40. The maximum Gasteiger partial charge on any atom is 0.159 e. The van der Waals surface area contributed by atoms with Gasteiger partial charge >= 0.3 is 0 Å². The van der Waals surface area contributed by atoms with Crippen molar-refractivity contribution < 1.29 is 4.74 Å². The lowest BCUT2D eigenvalue weighted by Crippen LogP contribution is -2.04. The number of thioether (sulfide) groups is 1. The highest BCUT2D eigenvalue weighted by atomic mass is 127. The molecule has 0 spiro atoms. The summed E-state index contributed by atoms with van der Waals surface area (Å²) in [5.41, 5.74) is 6.32. The SMILES string of the molecule is CSC(N)=Nc1cc(Cl)ccc1Oc1ccc(Cl)cc1.I. The topological polar surface area (TPSA) is 47.6 Å². The fraction of sp³-hybridized carbons (Fsp3) is 0.0714. The molecule has 0 atom stereocenters. The van der Waals surface area contributed by atoms with Crippen LogP contribution in [0.4, 0.5) is 5.69 Å². The molecule has 0 saturated carbocycles. The lowest BCUT2D eigenvalue weighted by Gasteiger charge is -2.09. The molecule has 0 heterocycles. The van der Waals surface area contributed by atoms with Crippen LogP contribution in [0.1, 0.15) is 0 Å². The van der Waals surface area contributed by atoms with E-state index in [1.165, 1.54) is 11.8 Å². The summed E-state index contributed by atoms with van der Waals surface area (Å²) in [6, 6.07) is 12.3. The van der Waals surface area contributed by atoms with Gasteiger partial charge in [-0.1, -0.05) is 35.0 Å². The van der Waals surface area contributed by atoms with Gasteiger partial charge in [0.1, 0.15) is 11.4 Å². The molecule has 0 fully saturated rings. The second-order valence-corrected chi connectivity index (χ2v) is 5.52. The van der Waals surface area contributed by atoms with E-state index in [2.05, 4.69) is 4.99 Å². The number of rotatable bonds is 3. The van der Waals surface area contributed by atoms with E-state index in [9.17, 15) is 0 Å². The third-order valence-corrected chi connectivity index (χ3v) is 3.40. The Kier molecular flexibility index (Phi) is 7.65. The maximum atomic E-state index is 5.98. The van der Waals surface area contributed by atoms with E-state index in [1.54, 1.807) is 42.5 Å². The highest BCUT2D eigenvalue weighted by Crippen LogP contribution is 2.34. The minimum atomic E-state index is 0. The van der Waals surface area contributed by atoms with Crippen LogP contribution in [0.25, 0.3) is 0 Å². The Morgan fingerprint density at radius 3 is 2.33 bits per heavy atom. The molecule has 0 aromatic heterocycles. The van der Waals surface area contributed by atoms with E-state index >= 15 is 0 Å². The lowest BCUT2D eigenvalue weighted by atomic mass is 10.3. The Balaban J connectivity index is 0.00000220. The largest absolute Gasteiger partial charge is 0.455 e. The summed E-state index contributed by atoms with van der Waals surface area (Å²) in [5, 5.41) is 1.66. The number of amidine groups is 1. The minimum Gasteiger partial charge on any atom is -0.455 e. The predicted molar refractivity (Wildman–Crippen MR) is 103 cm³/mol. The summed E-state index contributed by atoms with van der Waals surface area (Å²) in [6.07, 6.45) is 1.85. The first-order chi connectivity index (χ1) is 9.58. The zero-order valence-corrected chi connectivity index (χ0v) is 15.7. The molecule has 0 saturated heterocycles. The molecule has 2 rings (SSSR count). The van der Waals surface area contributed by atoms with Crippen LogP contribution < -0.4 is 10.5 Å². The smallest absolute Gasteiger partial charge is 0.159 e. The van der Waals surface area contributed by atoms with E-state index < -0.39 is 0 Å². The number of nitrogens with two attached hydrogens (primary N) is 1. The molecule has 7 heteroatoms. The summed E-state index contributed by atoms with van der Waals surface area (Å²) in [7, 11) is 0. The second kappa shape index (κ2) is 8.73. The van der Waals surface area contributed by atoms with E-state index in [1.807, 2.05) is 6.26 Å². The van der Waals surface area contributed by atoms with Crippen LogP contribution in [0.15, 0.2) is 47.5 Å². The zero-order valence-electron chi connectivity index (χ0n) is 11.0. The molecule has 0 bridgehead atoms. The number of benzene rings is 2. The van der Waals surface area contributed by atoms with Crippen molar-refractivity contribution in [3.63, 3.8) is 0 Å². The van der Waals surface area contributed by atoms with Crippen molar-refractivity contribution in [2.75, 3.05) is 6.26 Å². The van der Waals surface area contributed by atoms with Crippen molar-refractivity contribution in [2.24, 2.45) is 10.7 Å². The van der Waals surface area contributed by atoms with Crippen LogP contribution in [0.5, 0.6) is 11.5 Å². The molecule has 0 aliphatic heterocycles. The Morgan fingerprint density at radius 2 is 1.71 bits per heavy atom. The summed E-state index contributed by atoms with van der Waals surface area (Å²) >= 11 is 13.2. The summed E-state index contributed by atoms with van der Waals surface area (Å²) < 4.78 is 5.78. The number of hydrogen-bond donors (Lipinski definition) is 1. The molecule has 0 unspecified atom stereocenters. The van der Waals surface area contributed by atoms with Gasteiger partial charge in [0, 0.05) is 10.0 Å². The first-order valence-corrected chi connectivity index (χ1v) is 7.67. The average molecular weight is 455 g/mol. The van der Waals surface area contributed by atoms with Crippen molar-refractivity contribution >= 4 is 69.8 Å². The highest BCUT2D eigenvalue weighted by molar-refractivity contribution is 14.0. The maximum absolute atomic E-state index is 5.98. The molecule has 0 amide bonds. The van der Waals surface area contributed by atoms with Crippen molar-refractivity contribution in [3.05, 3.63) is 52.5 Å². The van der Waals surface area contributed by atoms with Gasteiger partial charge in [-0.3, -0.25) is 0 Å². The van der Waals surface area contributed by atoms with E-state index in [0.717, 1.165) is 0 Å². The number of ether oxygens (including phenoxy) is 1.